The molecule has 5 heteroatoms. The highest BCUT2D eigenvalue weighted by Crippen LogP contribution is 2.20. The lowest BCUT2D eigenvalue weighted by Crippen LogP contribution is -1.95. The summed E-state index contributed by atoms with van der Waals surface area (Å²) in [6.07, 6.45) is 0. The van der Waals surface area contributed by atoms with E-state index in [2.05, 4.69) is 4.98 Å². The number of rotatable bonds is 1. The summed E-state index contributed by atoms with van der Waals surface area (Å²) in [7, 11) is 0. The molecule has 0 bridgehead atoms. The highest BCUT2D eigenvalue weighted by molar-refractivity contribution is 5.91. The van der Waals surface area contributed by atoms with Crippen LogP contribution in [0.4, 0.5) is 5.69 Å². The Balaban J connectivity index is 2.75. The molecular formula is C8H6N2O3. The lowest BCUT2D eigenvalue weighted by molar-refractivity contribution is 0.0656. The van der Waals surface area contributed by atoms with Gasteiger partial charge in [0.05, 0.1) is 5.69 Å². The Morgan fingerprint density at radius 3 is 2.92 bits per heavy atom. The number of aromatic nitrogens is 1. The number of nitrogens with two attached hydrogens (primary N) is 1. The number of anilines is 1. The van der Waals surface area contributed by atoms with E-state index in [-0.39, 0.29) is 5.89 Å². The van der Waals surface area contributed by atoms with Gasteiger partial charge >= 0.3 is 11.9 Å². The van der Waals surface area contributed by atoms with Crippen LogP contribution in [0, 0.1) is 0 Å². The van der Waals surface area contributed by atoms with Crippen LogP contribution >= 0.6 is 0 Å². The van der Waals surface area contributed by atoms with Crippen molar-refractivity contribution in [3.05, 3.63) is 24.1 Å². The van der Waals surface area contributed by atoms with Crippen LogP contribution in [0.15, 0.2) is 22.6 Å². The number of carbonyl (C=O) groups is 1. The van der Waals surface area contributed by atoms with Crippen molar-refractivity contribution in [3.63, 3.8) is 0 Å². The van der Waals surface area contributed by atoms with E-state index in [4.69, 9.17) is 15.3 Å². The number of fused-ring (bicyclic) bond motifs is 1. The molecule has 1 heterocycles. The summed E-state index contributed by atoms with van der Waals surface area (Å²) in [6.45, 7) is 0. The molecule has 5 nitrogen and oxygen atoms in total. The molecule has 0 aliphatic rings. The number of oxazole rings is 1. The van der Waals surface area contributed by atoms with Gasteiger partial charge in [0.1, 0.15) is 5.52 Å². The average Bonchev–Trinajstić information content (AvgIpc) is 2.49. The summed E-state index contributed by atoms with van der Waals surface area (Å²) in [5.74, 6) is -1.54. The highest BCUT2D eigenvalue weighted by Gasteiger charge is 2.13. The predicted molar refractivity (Wildman–Crippen MR) is 45.4 cm³/mol. The van der Waals surface area contributed by atoms with Crippen LogP contribution in [0.1, 0.15) is 10.7 Å². The van der Waals surface area contributed by atoms with Gasteiger partial charge in [0.25, 0.3) is 0 Å². The van der Waals surface area contributed by atoms with Gasteiger partial charge < -0.3 is 15.3 Å². The van der Waals surface area contributed by atoms with Gasteiger partial charge in [-0.1, -0.05) is 6.07 Å². The number of hydrogen-bond acceptors (Lipinski definition) is 4. The maximum absolute atomic E-state index is 10.5. The second kappa shape index (κ2) is 2.48. The van der Waals surface area contributed by atoms with E-state index in [1.165, 1.54) is 0 Å². The molecule has 0 unspecified atom stereocenters. The molecule has 13 heavy (non-hydrogen) atoms. The number of para-hydroxylation sites is 1. The van der Waals surface area contributed by atoms with Crippen LogP contribution in [0.5, 0.6) is 0 Å². The highest BCUT2D eigenvalue weighted by atomic mass is 16.4. The molecular weight excluding hydrogens is 172 g/mol. The Morgan fingerprint density at radius 1 is 1.54 bits per heavy atom. The molecule has 0 aliphatic carbocycles. The maximum Gasteiger partial charge on any atom is 0.392 e. The predicted octanol–water partition coefficient (Wildman–Crippen LogP) is 1.11. The van der Waals surface area contributed by atoms with Crippen LogP contribution in [0.3, 0.4) is 0 Å². The summed E-state index contributed by atoms with van der Waals surface area (Å²) < 4.78 is 4.92. The number of nitrogens with zero attached hydrogens (tertiary/aromatic N) is 1. The Morgan fingerprint density at radius 2 is 2.31 bits per heavy atom. The van der Waals surface area contributed by atoms with Gasteiger partial charge in [-0.05, 0) is 12.1 Å². The monoisotopic (exact) mass is 178 g/mol. The van der Waals surface area contributed by atoms with Crippen molar-refractivity contribution < 1.29 is 14.3 Å². The second-order valence-corrected chi connectivity index (χ2v) is 2.52. The number of carboxylic acid groups (broad SMARTS) is 1. The molecule has 1 aromatic heterocycles. The Hall–Kier alpha value is -2.04. The smallest absolute Gasteiger partial charge is 0.392 e. The summed E-state index contributed by atoms with van der Waals surface area (Å²) in [6, 6.07) is 4.93. The number of carboxylic acids is 1. The molecule has 0 saturated heterocycles. The van der Waals surface area contributed by atoms with Crippen molar-refractivity contribution in [1.29, 1.82) is 0 Å². The van der Waals surface area contributed by atoms with Gasteiger partial charge in [-0.25, -0.2) is 9.78 Å². The zero-order chi connectivity index (χ0) is 9.42. The summed E-state index contributed by atoms with van der Waals surface area (Å²) in [4.78, 5) is 14.2. The third-order valence-electron chi connectivity index (χ3n) is 1.63. The molecule has 0 amide bonds. The topological polar surface area (TPSA) is 89.3 Å². The first-order valence-corrected chi connectivity index (χ1v) is 3.57. The molecule has 0 saturated carbocycles. The minimum absolute atomic E-state index is 0.340. The van der Waals surface area contributed by atoms with Crippen LogP contribution in [0.2, 0.25) is 0 Å². The number of hydrogen-bond donors (Lipinski definition) is 2. The van der Waals surface area contributed by atoms with Crippen molar-refractivity contribution >= 4 is 22.8 Å². The first-order valence-electron chi connectivity index (χ1n) is 3.57. The van der Waals surface area contributed by atoms with Crippen molar-refractivity contribution in [2.24, 2.45) is 0 Å². The third kappa shape index (κ3) is 1.10. The van der Waals surface area contributed by atoms with E-state index in [9.17, 15) is 4.79 Å². The largest absolute Gasteiger partial charge is 0.474 e. The van der Waals surface area contributed by atoms with Gasteiger partial charge in [0, 0.05) is 0 Å². The fourth-order valence-corrected chi connectivity index (χ4v) is 1.06. The summed E-state index contributed by atoms with van der Waals surface area (Å²) in [5, 5.41) is 8.58. The standard InChI is InChI=1S/C8H6N2O3/c9-4-2-1-3-5-6(4)10-7(13-5)8(11)12/h1-3H,9H2,(H,11,12). The zero-order valence-corrected chi connectivity index (χ0v) is 6.52. The van der Waals surface area contributed by atoms with Gasteiger partial charge in [-0.3, -0.25) is 0 Å². The fraction of sp³-hybridized carbons (Fsp3) is 0. The van der Waals surface area contributed by atoms with E-state index in [0.29, 0.717) is 16.8 Å². The van der Waals surface area contributed by atoms with Crippen molar-refractivity contribution in [2.45, 2.75) is 0 Å². The molecule has 66 valence electrons. The number of nitrogen functional groups attached to an aromatic ring is 1. The van der Waals surface area contributed by atoms with E-state index >= 15 is 0 Å². The van der Waals surface area contributed by atoms with Gasteiger partial charge in [0.15, 0.2) is 5.58 Å². The first kappa shape index (κ1) is 7.60. The lowest BCUT2D eigenvalue weighted by Gasteiger charge is -1.89. The molecule has 0 aliphatic heterocycles. The van der Waals surface area contributed by atoms with Crippen molar-refractivity contribution in [1.82, 2.24) is 4.98 Å². The molecule has 2 rings (SSSR count). The first-order chi connectivity index (χ1) is 6.18. The minimum Gasteiger partial charge on any atom is -0.474 e. The molecule has 0 fully saturated rings. The SMILES string of the molecule is Nc1cccc2oc(C(=O)O)nc12. The molecule has 0 atom stereocenters. The van der Waals surface area contributed by atoms with Crippen molar-refractivity contribution in [2.75, 3.05) is 5.73 Å². The van der Waals surface area contributed by atoms with Crippen molar-refractivity contribution in [3.8, 4) is 0 Å². The average molecular weight is 178 g/mol. The van der Waals surface area contributed by atoms with Crippen LogP contribution in [0.25, 0.3) is 11.1 Å². The zero-order valence-electron chi connectivity index (χ0n) is 6.52. The second-order valence-electron chi connectivity index (χ2n) is 2.52. The summed E-state index contributed by atoms with van der Waals surface area (Å²) in [5.41, 5.74) is 6.74. The molecule has 0 radical (unpaired) electrons. The quantitative estimate of drug-likeness (QED) is 0.638. The van der Waals surface area contributed by atoms with E-state index in [1.54, 1.807) is 18.2 Å². The fourth-order valence-electron chi connectivity index (χ4n) is 1.06. The number of benzene rings is 1. The maximum atomic E-state index is 10.5. The molecule has 1 aromatic carbocycles. The normalized spacial score (nSPS) is 10.5. The third-order valence-corrected chi connectivity index (χ3v) is 1.63. The Labute approximate surface area is 72.8 Å². The Bertz CT molecular complexity index is 475. The van der Waals surface area contributed by atoms with Gasteiger partial charge in [0.2, 0.25) is 0 Å². The minimum atomic E-state index is -1.20. The Kier molecular flexibility index (Phi) is 1.45. The molecule has 3 N–H and O–H groups in total. The van der Waals surface area contributed by atoms with E-state index < -0.39 is 5.97 Å². The number of aromatic carboxylic acids is 1. The van der Waals surface area contributed by atoms with Gasteiger partial charge in [-0.2, -0.15) is 0 Å². The molecule has 2 aromatic rings. The van der Waals surface area contributed by atoms with Crippen LogP contribution in [-0.4, -0.2) is 16.1 Å². The van der Waals surface area contributed by atoms with E-state index in [1.807, 2.05) is 0 Å². The van der Waals surface area contributed by atoms with Crippen LogP contribution in [-0.2, 0) is 0 Å². The van der Waals surface area contributed by atoms with E-state index in [0.717, 1.165) is 0 Å². The molecule has 0 spiro atoms. The summed E-state index contributed by atoms with van der Waals surface area (Å²) >= 11 is 0. The van der Waals surface area contributed by atoms with Crippen LogP contribution < -0.4 is 5.73 Å². The van der Waals surface area contributed by atoms with Gasteiger partial charge in [-0.15, -0.1) is 0 Å². The lowest BCUT2D eigenvalue weighted by atomic mass is 10.3.